The molecule has 1 heterocycles. The summed E-state index contributed by atoms with van der Waals surface area (Å²) in [4.78, 5) is 24.9. The summed E-state index contributed by atoms with van der Waals surface area (Å²) in [5, 5.41) is 9.14. The Morgan fingerprint density at radius 2 is 1.80 bits per heavy atom. The van der Waals surface area contributed by atoms with Crippen LogP contribution in [0, 0.1) is 11.2 Å². The molecule has 1 aliphatic heterocycles. The summed E-state index contributed by atoms with van der Waals surface area (Å²) in [7, 11) is 0. The lowest BCUT2D eigenvalue weighted by Gasteiger charge is -2.36. The first-order valence-electron chi connectivity index (χ1n) is 6.66. The van der Waals surface area contributed by atoms with E-state index in [9.17, 15) is 14.0 Å². The molecule has 1 amide bonds. The van der Waals surface area contributed by atoms with Gasteiger partial charge in [-0.2, -0.15) is 0 Å². The predicted octanol–water partition coefficient (Wildman–Crippen LogP) is 2.08. The summed E-state index contributed by atoms with van der Waals surface area (Å²) < 4.78 is 12.8. The predicted molar refractivity (Wildman–Crippen MR) is 71.7 cm³/mol. The monoisotopic (exact) mass is 279 g/mol. The second-order valence-electron chi connectivity index (χ2n) is 5.55. The van der Waals surface area contributed by atoms with Crippen molar-refractivity contribution in [2.45, 2.75) is 26.2 Å². The van der Waals surface area contributed by atoms with Gasteiger partial charge in [0.1, 0.15) is 5.82 Å². The number of likely N-dealkylation sites (tertiary alicyclic amines) is 1. The van der Waals surface area contributed by atoms with E-state index < -0.39 is 11.4 Å². The minimum absolute atomic E-state index is 0.0379. The Labute approximate surface area is 117 Å². The highest BCUT2D eigenvalue weighted by atomic mass is 19.1. The van der Waals surface area contributed by atoms with Crippen LogP contribution in [0.3, 0.4) is 0 Å². The highest BCUT2D eigenvalue weighted by Crippen LogP contribution is 2.31. The zero-order valence-electron chi connectivity index (χ0n) is 11.4. The number of carboxylic acids is 1. The van der Waals surface area contributed by atoms with E-state index in [2.05, 4.69) is 0 Å². The number of hydrogen-bond donors (Lipinski definition) is 1. The van der Waals surface area contributed by atoms with Gasteiger partial charge in [-0.3, -0.25) is 9.59 Å². The van der Waals surface area contributed by atoms with E-state index in [1.807, 2.05) is 0 Å². The molecule has 0 bridgehead atoms. The lowest BCUT2D eigenvalue weighted by Crippen LogP contribution is -2.45. The van der Waals surface area contributed by atoms with E-state index in [1.165, 1.54) is 12.1 Å². The maximum absolute atomic E-state index is 12.8. The van der Waals surface area contributed by atoms with Crippen LogP contribution in [-0.4, -0.2) is 35.0 Å². The molecule has 1 aromatic rings. The third kappa shape index (κ3) is 3.15. The van der Waals surface area contributed by atoms with Gasteiger partial charge in [0.15, 0.2) is 0 Å². The Bertz CT molecular complexity index is 504. The first-order valence-corrected chi connectivity index (χ1v) is 6.66. The topological polar surface area (TPSA) is 57.6 Å². The van der Waals surface area contributed by atoms with Crippen molar-refractivity contribution in [2.75, 3.05) is 13.1 Å². The summed E-state index contributed by atoms with van der Waals surface area (Å²) >= 11 is 0. The van der Waals surface area contributed by atoms with Crippen LogP contribution in [0.1, 0.15) is 25.3 Å². The molecule has 0 spiro atoms. The number of benzene rings is 1. The summed E-state index contributed by atoms with van der Waals surface area (Å²) in [5.74, 6) is -1.16. The number of rotatable bonds is 3. The average Bonchev–Trinajstić information content (AvgIpc) is 2.42. The molecule has 1 saturated heterocycles. The molecule has 0 aliphatic carbocycles. The van der Waals surface area contributed by atoms with Crippen LogP contribution in [0.2, 0.25) is 0 Å². The van der Waals surface area contributed by atoms with Crippen molar-refractivity contribution in [3.8, 4) is 0 Å². The van der Waals surface area contributed by atoms with Gasteiger partial charge in [-0.05, 0) is 37.5 Å². The zero-order valence-corrected chi connectivity index (χ0v) is 11.4. The van der Waals surface area contributed by atoms with Gasteiger partial charge >= 0.3 is 5.97 Å². The molecule has 2 rings (SSSR count). The van der Waals surface area contributed by atoms with Crippen LogP contribution < -0.4 is 0 Å². The average molecular weight is 279 g/mol. The number of carboxylic acid groups (broad SMARTS) is 1. The minimum atomic E-state index is -0.803. The van der Waals surface area contributed by atoms with E-state index in [0.717, 1.165) is 5.56 Å². The van der Waals surface area contributed by atoms with Gasteiger partial charge in [0.25, 0.3) is 0 Å². The standard InChI is InChI=1S/C15H18FNO3/c1-15(14(19)20)6-8-17(9-7-15)13(18)10-11-2-4-12(16)5-3-11/h2-5H,6-10H2,1H3,(H,19,20). The van der Waals surface area contributed by atoms with E-state index in [-0.39, 0.29) is 18.1 Å². The fourth-order valence-corrected chi connectivity index (χ4v) is 2.35. The Kier molecular flexibility index (Phi) is 4.06. The van der Waals surface area contributed by atoms with Crippen molar-refractivity contribution in [2.24, 2.45) is 5.41 Å². The van der Waals surface area contributed by atoms with E-state index in [0.29, 0.717) is 25.9 Å². The number of aliphatic carboxylic acids is 1. The lowest BCUT2D eigenvalue weighted by molar-refractivity contribution is -0.152. The first-order chi connectivity index (χ1) is 9.40. The van der Waals surface area contributed by atoms with Crippen LogP contribution in [0.15, 0.2) is 24.3 Å². The molecule has 1 fully saturated rings. The second kappa shape index (κ2) is 5.61. The van der Waals surface area contributed by atoms with Gasteiger partial charge in [-0.25, -0.2) is 4.39 Å². The molecule has 1 aliphatic rings. The van der Waals surface area contributed by atoms with E-state index in [4.69, 9.17) is 5.11 Å². The van der Waals surface area contributed by atoms with Gasteiger partial charge in [0.2, 0.25) is 5.91 Å². The number of carbonyl (C=O) groups is 2. The van der Waals surface area contributed by atoms with Gasteiger partial charge in [0, 0.05) is 13.1 Å². The molecular formula is C15H18FNO3. The van der Waals surface area contributed by atoms with Gasteiger partial charge in [-0.15, -0.1) is 0 Å². The summed E-state index contributed by atoms with van der Waals surface area (Å²) in [6.07, 6.45) is 1.17. The lowest BCUT2D eigenvalue weighted by atomic mass is 9.80. The van der Waals surface area contributed by atoms with Crippen LogP contribution >= 0.6 is 0 Å². The highest BCUT2D eigenvalue weighted by molar-refractivity contribution is 5.80. The molecule has 0 saturated carbocycles. The van der Waals surface area contributed by atoms with Crippen LogP contribution in [-0.2, 0) is 16.0 Å². The van der Waals surface area contributed by atoms with Crippen molar-refractivity contribution in [1.29, 1.82) is 0 Å². The summed E-state index contributed by atoms with van der Waals surface area (Å²) in [5.41, 5.74) is 0.0371. The van der Waals surface area contributed by atoms with Crippen molar-refractivity contribution >= 4 is 11.9 Å². The third-order valence-corrected chi connectivity index (χ3v) is 4.00. The Hall–Kier alpha value is -1.91. The largest absolute Gasteiger partial charge is 0.481 e. The number of nitrogens with zero attached hydrogens (tertiary/aromatic N) is 1. The van der Waals surface area contributed by atoms with Crippen molar-refractivity contribution in [3.63, 3.8) is 0 Å². The molecule has 108 valence electrons. The quantitative estimate of drug-likeness (QED) is 0.921. The highest BCUT2D eigenvalue weighted by Gasteiger charge is 2.37. The summed E-state index contributed by atoms with van der Waals surface area (Å²) in [6, 6.07) is 5.86. The molecule has 0 unspecified atom stereocenters. The Morgan fingerprint density at radius 3 is 2.30 bits per heavy atom. The van der Waals surface area contributed by atoms with Gasteiger partial charge in [0.05, 0.1) is 11.8 Å². The molecule has 0 aromatic heterocycles. The molecule has 1 aromatic carbocycles. The third-order valence-electron chi connectivity index (χ3n) is 4.00. The fourth-order valence-electron chi connectivity index (χ4n) is 2.35. The molecule has 0 radical (unpaired) electrons. The van der Waals surface area contributed by atoms with Crippen molar-refractivity contribution < 1.29 is 19.1 Å². The Morgan fingerprint density at radius 1 is 1.25 bits per heavy atom. The van der Waals surface area contributed by atoms with E-state index >= 15 is 0 Å². The molecule has 0 atom stereocenters. The van der Waals surface area contributed by atoms with Gasteiger partial charge in [-0.1, -0.05) is 12.1 Å². The fraction of sp³-hybridized carbons (Fsp3) is 0.467. The van der Waals surface area contributed by atoms with Crippen LogP contribution in [0.4, 0.5) is 4.39 Å². The van der Waals surface area contributed by atoms with Crippen LogP contribution in [0.25, 0.3) is 0 Å². The van der Waals surface area contributed by atoms with E-state index in [1.54, 1.807) is 24.0 Å². The number of piperidine rings is 1. The summed E-state index contributed by atoms with van der Waals surface area (Å²) in [6.45, 7) is 2.64. The maximum atomic E-state index is 12.8. The molecule has 20 heavy (non-hydrogen) atoms. The molecular weight excluding hydrogens is 261 g/mol. The molecule has 5 heteroatoms. The normalized spacial score (nSPS) is 17.8. The van der Waals surface area contributed by atoms with Crippen molar-refractivity contribution in [1.82, 2.24) is 4.90 Å². The maximum Gasteiger partial charge on any atom is 0.309 e. The van der Waals surface area contributed by atoms with Crippen molar-refractivity contribution in [3.05, 3.63) is 35.6 Å². The Balaban J connectivity index is 1.92. The first kappa shape index (κ1) is 14.5. The van der Waals surface area contributed by atoms with Crippen LogP contribution in [0.5, 0.6) is 0 Å². The molecule has 1 N–H and O–H groups in total. The van der Waals surface area contributed by atoms with Gasteiger partial charge < -0.3 is 10.0 Å². The minimum Gasteiger partial charge on any atom is -0.481 e. The number of amides is 1. The number of hydrogen-bond acceptors (Lipinski definition) is 2. The zero-order chi connectivity index (χ0) is 14.8. The second-order valence-corrected chi connectivity index (χ2v) is 5.55. The smallest absolute Gasteiger partial charge is 0.309 e. The molecule has 4 nitrogen and oxygen atoms in total. The SMILES string of the molecule is CC1(C(=O)O)CCN(C(=O)Cc2ccc(F)cc2)CC1. The number of halogens is 1. The number of carbonyl (C=O) groups excluding carboxylic acids is 1.